The first-order valence-corrected chi connectivity index (χ1v) is 7.21. The van der Waals surface area contributed by atoms with Crippen molar-refractivity contribution in [3.05, 3.63) is 17.0 Å². The smallest absolute Gasteiger partial charge is 0.135 e. The van der Waals surface area contributed by atoms with Crippen LogP contribution in [0.5, 0.6) is 0 Å². The highest BCUT2D eigenvalue weighted by Crippen LogP contribution is 2.40. The van der Waals surface area contributed by atoms with Crippen LogP contribution in [0.25, 0.3) is 0 Å². The highest BCUT2D eigenvalue weighted by atomic mass is 35.5. The van der Waals surface area contributed by atoms with Crippen LogP contribution < -0.4 is 5.32 Å². The van der Waals surface area contributed by atoms with Crippen LogP contribution in [-0.2, 0) is 0 Å². The SMILES string of the molecule is CC1(C)CCC(Nc2cc(Cl)nc(C3CC3)n2)C1. The van der Waals surface area contributed by atoms with Gasteiger partial charge in [0, 0.05) is 18.0 Å². The largest absolute Gasteiger partial charge is 0.367 e. The lowest BCUT2D eigenvalue weighted by molar-refractivity contribution is 0.378. The Kier molecular flexibility index (Phi) is 2.97. The van der Waals surface area contributed by atoms with Gasteiger partial charge in [0.1, 0.15) is 16.8 Å². The Morgan fingerprint density at radius 2 is 2.06 bits per heavy atom. The van der Waals surface area contributed by atoms with Crippen molar-refractivity contribution < 1.29 is 0 Å². The van der Waals surface area contributed by atoms with Gasteiger partial charge in [-0.05, 0) is 37.5 Å². The molecule has 1 unspecified atom stereocenters. The van der Waals surface area contributed by atoms with Gasteiger partial charge in [0.25, 0.3) is 0 Å². The molecule has 1 aromatic rings. The fraction of sp³-hybridized carbons (Fsp3) is 0.714. The topological polar surface area (TPSA) is 37.8 Å². The lowest BCUT2D eigenvalue weighted by atomic mass is 9.92. The Hall–Kier alpha value is -0.830. The Morgan fingerprint density at radius 1 is 1.28 bits per heavy atom. The van der Waals surface area contributed by atoms with Gasteiger partial charge in [0.2, 0.25) is 0 Å². The number of aromatic nitrogens is 2. The molecule has 0 aromatic carbocycles. The third-order valence-corrected chi connectivity index (χ3v) is 4.17. The van der Waals surface area contributed by atoms with E-state index >= 15 is 0 Å². The molecule has 2 fully saturated rings. The van der Waals surface area contributed by atoms with Crippen LogP contribution in [0.3, 0.4) is 0 Å². The maximum absolute atomic E-state index is 6.07. The minimum absolute atomic E-state index is 0.452. The third-order valence-electron chi connectivity index (χ3n) is 3.98. The van der Waals surface area contributed by atoms with Gasteiger partial charge in [0.05, 0.1) is 0 Å². The van der Waals surface area contributed by atoms with E-state index in [1.807, 2.05) is 6.07 Å². The fourth-order valence-corrected chi connectivity index (χ4v) is 2.99. The lowest BCUT2D eigenvalue weighted by Crippen LogP contribution is -2.18. The number of anilines is 1. The molecule has 3 rings (SSSR count). The average molecular weight is 266 g/mol. The van der Waals surface area contributed by atoms with Gasteiger partial charge in [0.15, 0.2) is 0 Å². The minimum atomic E-state index is 0.452. The molecule has 98 valence electrons. The van der Waals surface area contributed by atoms with E-state index in [0.29, 0.717) is 22.5 Å². The molecule has 3 nitrogen and oxygen atoms in total. The molecule has 1 atom stereocenters. The molecular formula is C14H20ClN3. The van der Waals surface area contributed by atoms with Crippen molar-refractivity contribution >= 4 is 17.4 Å². The summed E-state index contributed by atoms with van der Waals surface area (Å²) in [6, 6.07) is 2.37. The first-order valence-electron chi connectivity index (χ1n) is 6.83. The highest BCUT2D eigenvalue weighted by molar-refractivity contribution is 6.29. The van der Waals surface area contributed by atoms with Crippen molar-refractivity contribution in [1.82, 2.24) is 9.97 Å². The number of rotatable bonds is 3. The molecule has 18 heavy (non-hydrogen) atoms. The van der Waals surface area contributed by atoms with E-state index in [-0.39, 0.29) is 0 Å². The van der Waals surface area contributed by atoms with E-state index in [1.54, 1.807) is 0 Å². The van der Waals surface area contributed by atoms with Gasteiger partial charge in [-0.15, -0.1) is 0 Å². The zero-order valence-corrected chi connectivity index (χ0v) is 11.8. The molecule has 0 aliphatic heterocycles. The summed E-state index contributed by atoms with van der Waals surface area (Å²) in [5.41, 5.74) is 0.452. The van der Waals surface area contributed by atoms with Gasteiger partial charge >= 0.3 is 0 Å². The monoisotopic (exact) mass is 265 g/mol. The normalized spacial score (nSPS) is 26.3. The van der Waals surface area contributed by atoms with Gasteiger partial charge in [-0.2, -0.15) is 0 Å². The van der Waals surface area contributed by atoms with Crippen LogP contribution >= 0.6 is 11.6 Å². The van der Waals surface area contributed by atoms with Crippen LogP contribution in [0.15, 0.2) is 6.07 Å². The molecule has 1 aromatic heterocycles. The predicted molar refractivity (Wildman–Crippen MR) is 74.1 cm³/mol. The van der Waals surface area contributed by atoms with Crippen LogP contribution in [0.4, 0.5) is 5.82 Å². The molecule has 1 N–H and O–H groups in total. The molecule has 1 heterocycles. The van der Waals surface area contributed by atoms with E-state index in [9.17, 15) is 0 Å². The maximum Gasteiger partial charge on any atom is 0.135 e. The van der Waals surface area contributed by atoms with Gasteiger partial charge < -0.3 is 5.32 Å². The summed E-state index contributed by atoms with van der Waals surface area (Å²) in [5, 5.41) is 4.09. The Labute approximate surface area is 113 Å². The first kappa shape index (κ1) is 12.2. The van der Waals surface area contributed by atoms with Crippen molar-refractivity contribution in [3.8, 4) is 0 Å². The Balaban J connectivity index is 1.72. The number of hydrogen-bond acceptors (Lipinski definition) is 3. The Morgan fingerprint density at radius 3 is 2.67 bits per heavy atom. The summed E-state index contributed by atoms with van der Waals surface area (Å²) in [6.07, 6.45) is 6.10. The highest BCUT2D eigenvalue weighted by Gasteiger charge is 2.31. The quantitative estimate of drug-likeness (QED) is 0.840. The molecule has 0 bridgehead atoms. The Bertz CT molecular complexity index is 454. The first-order chi connectivity index (χ1) is 8.52. The van der Waals surface area contributed by atoms with E-state index in [4.69, 9.17) is 11.6 Å². The number of nitrogens with zero attached hydrogens (tertiary/aromatic N) is 2. The summed E-state index contributed by atoms with van der Waals surface area (Å²) < 4.78 is 0. The molecule has 0 spiro atoms. The molecule has 2 saturated carbocycles. The average Bonchev–Trinajstić information content (AvgIpc) is 3.04. The van der Waals surface area contributed by atoms with Crippen LogP contribution in [0.2, 0.25) is 5.15 Å². The molecule has 0 saturated heterocycles. The van der Waals surface area contributed by atoms with Crippen molar-refractivity contribution in [2.24, 2.45) is 5.41 Å². The summed E-state index contributed by atoms with van der Waals surface area (Å²) in [6.45, 7) is 4.66. The van der Waals surface area contributed by atoms with Gasteiger partial charge in [-0.3, -0.25) is 0 Å². The number of nitrogens with one attached hydrogen (secondary N) is 1. The molecular weight excluding hydrogens is 246 g/mol. The van der Waals surface area contributed by atoms with E-state index in [0.717, 1.165) is 11.6 Å². The zero-order valence-electron chi connectivity index (χ0n) is 11.0. The van der Waals surface area contributed by atoms with Crippen molar-refractivity contribution in [2.75, 3.05) is 5.32 Å². The van der Waals surface area contributed by atoms with Crippen molar-refractivity contribution in [3.63, 3.8) is 0 Å². The van der Waals surface area contributed by atoms with Crippen LogP contribution in [-0.4, -0.2) is 16.0 Å². The number of hydrogen-bond donors (Lipinski definition) is 1. The van der Waals surface area contributed by atoms with Gasteiger partial charge in [-0.25, -0.2) is 9.97 Å². The predicted octanol–water partition coefficient (Wildman–Crippen LogP) is 4.00. The summed E-state index contributed by atoms with van der Waals surface area (Å²) in [7, 11) is 0. The molecule has 2 aliphatic rings. The standard InChI is InChI=1S/C14H20ClN3/c1-14(2)6-5-10(8-14)16-12-7-11(15)17-13(18-12)9-3-4-9/h7,9-10H,3-6,8H2,1-2H3,(H,16,17,18). The molecule has 0 radical (unpaired) electrons. The van der Waals surface area contributed by atoms with E-state index in [1.165, 1.54) is 32.1 Å². The summed E-state index contributed by atoms with van der Waals surface area (Å²) in [5.74, 6) is 2.37. The van der Waals surface area contributed by atoms with E-state index in [2.05, 4.69) is 29.1 Å². The zero-order chi connectivity index (χ0) is 12.8. The molecule has 0 amide bonds. The van der Waals surface area contributed by atoms with Crippen LogP contribution in [0, 0.1) is 5.41 Å². The van der Waals surface area contributed by atoms with E-state index < -0.39 is 0 Å². The molecule has 2 aliphatic carbocycles. The lowest BCUT2D eigenvalue weighted by Gasteiger charge is -2.18. The second kappa shape index (κ2) is 4.37. The second-order valence-corrected chi connectivity index (χ2v) is 6.84. The van der Waals surface area contributed by atoms with Crippen LogP contribution in [0.1, 0.15) is 57.7 Å². The third kappa shape index (κ3) is 2.77. The minimum Gasteiger partial charge on any atom is -0.367 e. The van der Waals surface area contributed by atoms with Crippen molar-refractivity contribution in [2.45, 2.75) is 57.9 Å². The molecule has 4 heteroatoms. The second-order valence-electron chi connectivity index (χ2n) is 6.46. The van der Waals surface area contributed by atoms with Crippen molar-refractivity contribution in [1.29, 1.82) is 0 Å². The fourth-order valence-electron chi connectivity index (χ4n) is 2.80. The number of halogens is 1. The maximum atomic E-state index is 6.07. The summed E-state index contributed by atoms with van der Waals surface area (Å²) >= 11 is 6.07. The summed E-state index contributed by atoms with van der Waals surface area (Å²) in [4.78, 5) is 8.91. The van der Waals surface area contributed by atoms with Gasteiger partial charge in [-0.1, -0.05) is 25.4 Å².